The maximum atomic E-state index is 15.0. The molecule has 0 spiro atoms. The van der Waals surface area contributed by atoms with Crippen LogP contribution in [-0.2, 0) is 105 Å². The molecule has 7 aromatic carbocycles. The molecule has 1 aliphatic carbocycles. The molecular formula is C63H65NO15S. The summed E-state index contributed by atoms with van der Waals surface area (Å²) in [7, 11) is -4.61. The van der Waals surface area contributed by atoms with E-state index in [0.717, 1.165) is 47.1 Å². The number of hydrogen-bond donors (Lipinski definition) is 1. The first-order valence-corrected chi connectivity index (χ1v) is 27.9. The fourth-order valence-corrected chi connectivity index (χ4v) is 11.2. The van der Waals surface area contributed by atoms with Crippen LogP contribution in [0.1, 0.15) is 48.6 Å². The molecule has 0 amide bonds. The highest BCUT2D eigenvalue weighted by Crippen LogP contribution is 2.39. The summed E-state index contributed by atoms with van der Waals surface area (Å²) in [6.07, 6.45) is -13.1. The number of rotatable bonds is 24. The van der Waals surface area contributed by atoms with Crippen molar-refractivity contribution in [3.63, 3.8) is 0 Å². The van der Waals surface area contributed by atoms with Crippen molar-refractivity contribution < 1.29 is 70.2 Å². The summed E-state index contributed by atoms with van der Waals surface area (Å²) in [5.41, 5.74) is 4.15. The molecule has 0 radical (unpaired) electrons. The lowest BCUT2D eigenvalue weighted by Crippen LogP contribution is -2.71. The number of sulfonamides is 1. The minimum atomic E-state index is -4.61. The van der Waals surface area contributed by atoms with Gasteiger partial charge in [-0.05, 0) is 50.7 Å². The van der Waals surface area contributed by atoms with Crippen LogP contribution in [0.2, 0.25) is 0 Å². The summed E-state index contributed by atoms with van der Waals surface area (Å²) in [5.74, 6) is -2.39. The van der Waals surface area contributed by atoms with Gasteiger partial charge in [-0.2, -0.15) is 4.72 Å². The van der Waals surface area contributed by atoms with E-state index in [0.29, 0.717) is 5.39 Å². The molecule has 1 N–H and O–H groups in total. The second-order valence-corrected chi connectivity index (χ2v) is 21.3. The highest BCUT2D eigenvalue weighted by atomic mass is 32.2. The first kappa shape index (κ1) is 57.5. The Morgan fingerprint density at radius 3 is 1.18 bits per heavy atom. The van der Waals surface area contributed by atoms with Crippen molar-refractivity contribution in [1.82, 2.24) is 4.72 Å². The molecule has 1 saturated heterocycles. The zero-order valence-electron chi connectivity index (χ0n) is 44.6. The topological polar surface area (TPSA) is 190 Å². The fourth-order valence-electron chi connectivity index (χ4n) is 9.94. The Bertz CT molecular complexity index is 3100. The quantitative estimate of drug-likeness (QED) is 0.0446. The maximum absolute atomic E-state index is 15.0. The first-order chi connectivity index (χ1) is 38.9. The number of ether oxygens (including phenoxy) is 10. The van der Waals surface area contributed by atoms with Crippen LogP contribution in [0, 0.1) is 0 Å². The second kappa shape index (κ2) is 27.8. The van der Waals surface area contributed by atoms with E-state index in [-0.39, 0.29) is 37.9 Å². The van der Waals surface area contributed by atoms with Crippen LogP contribution in [0.15, 0.2) is 199 Å². The van der Waals surface area contributed by atoms with Gasteiger partial charge in [-0.3, -0.25) is 14.4 Å². The maximum Gasteiger partial charge on any atom is 0.303 e. The molecule has 418 valence electrons. The third-order valence-corrected chi connectivity index (χ3v) is 15.1. The van der Waals surface area contributed by atoms with Crippen molar-refractivity contribution in [2.45, 2.75) is 126 Å². The number of esters is 3. The molecular weight excluding hydrogens is 1040 g/mol. The van der Waals surface area contributed by atoms with E-state index in [1.54, 1.807) is 18.2 Å². The second-order valence-electron chi connectivity index (χ2n) is 19.6. The van der Waals surface area contributed by atoms with Crippen molar-refractivity contribution >= 4 is 38.7 Å². The van der Waals surface area contributed by atoms with Gasteiger partial charge in [-0.25, -0.2) is 8.42 Å². The Morgan fingerprint density at radius 2 is 0.787 bits per heavy atom. The average Bonchev–Trinajstić information content (AvgIpc) is 3.52. The van der Waals surface area contributed by atoms with Gasteiger partial charge >= 0.3 is 17.9 Å². The van der Waals surface area contributed by atoms with Gasteiger partial charge in [0.05, 0.1) is 37.9 Å². The SMILES string of the molecule is CC(=O)OC[C@H]1O[C@H](OC2[C@H](OCc3ccccc3)[C@H](OCc3ccccc3)C(OCc3ccccc3)[C@H](OCc3ccccc3)[C@H]2OCc2ccccc2)[C@H](NS(=O)(=O)c2ccc3ccccc3c2)[C@@H](OC(C)=O)[C@@H]1OC(C)=O. The molecule has 2 unspecified atom stereocenters. The Balaban J connectivity index is 1.23. The number of nitrogens with one attached hydrogen (secondary N) is 1. The van der Waals surface area contributed by atoms with Crippen LogP contribution in [0.3, 0.4) is 0 Å². The molecule has 1 heterocycles. The number of carbonyl (C=O) groups is 3. The van der Waals surface area contributed by atoms with Crippen LogP contribution >= 0.6 is 0 Å². The van der Waals surface area contributed by atoms with Gasteiger partial charge in [0, 0.05) is 20.8 Å². The molecule has 2 fully saturated rings. The van der Waals surface area contributed by atoms with E-state index in [4.69, 9.17) is 47.4 Å². The summed E-state index contributed by atoms with van der Waals surface area (Å²) in [5, 5.41) is 1.42. The van der Waals surface area contributed by atoms with Crippen LogP contribution < -0.4 is 4.72 Å². The first-order valence-electron chi connectivity index (χ1n) is 26.5. The van der Waals surface area contributed by atoms with Crippen molar-refractivity contribution in [2.75, 3.05) is 6.61 Å². The molecule has 11 atom stereocenters. The standard InChI is InChI=1S/C63H65NO15S/c1-42(65)70-41-53-55(76-43(2)66)56(77-44(3)67)54(64-80(68,69)52-34-33-50-31-19-20-32-51(50)35-52)63(78-53)79-62-60(74-39-48-27-15-7-16-28-48)58(72-37-46-23-11-5-12-24-46)57(71-36-45-21-9-4-10-22-45)59(73-38-47-25-13-6-14-26-47)61(62)75-40-49-29-17-8-18-30-49/h4-35,53-64H,36-41H2,1-3H3/t53-,54-,55-,56-,57?,58-,59+,60-,61-,62?,63-/m1/s1. The number of benzene rings is 7. The molecule has 2 aliphatic rings. The van der Waals surface area contributed by atoms with Crippen LogP contribution in [-0.4, -0.2) is 100 Å². The molecule has 0 bridgehead atoms. The minimum absolute atomic E-state index is 0.0200. The van der Waals surface area contributed by atoms with E-state index in [9.17, 15) is 14.4 Å². The van der Waals surface area contributed by atoms with E-state index in [1.165, 1.54) is 19.1 Å². The monoisotopic (exact) mass is 1110 g/mol. The largest absolute Gasteiger partial charge is 0.463 e. The van der Waals surface area contributed by atoms with E-state index < -0.39 is 102 Å². The zero-order chi connectivity index (χ0) is 55.8. The lowest BCUT2D eigenvalue weighted by Gasteiger charge is -2.52. The van der Waals surface area contributed by atoms with Gasteiger partial charge in [0.1, 0.15) is 55.4 Å². The fraction of sp³-hybridized carbons (Fsp3) is 0.317. The molecule has 80 heavy (non-hydrogen) atoms. The third kappa shape index (κ3) is 15.4. The van der Waals surface area contributed by atoms with Gasteiger partial charge in [0.15, 0.2) is 18.5 Å². The van der Waals surface area contributed by atoms with E-state index in [1.807, 2.05) is 164 Å². The summed E-state index contributed by atoms with van der Waals surface area (Å²) < 4.78 is 99.9. The van der Waals surface area contributed by atoms with Crippen LogP contribution in [0.5, 0.6) is 0 Å². The predicted molar refractivity (Wildman–Crippen MR) is 294 cm³/mol. The van der Waals surface area contributed by atoms with Crippen molar-refractivity contribution in [2.24, 2.45) is 0 Å². The molecule has 9 rings (SSSR count). The van der Waals surface area contributed by atoms with E-state index in [2.05, 4.69) is 4.72 Å². The molecule has 1 aliphatic heterocycles. The Kier molecular flexibility index (Phi) is 20.0. The van der Waals surface area contributed by atoms with Gasteiger partial charge in [0.2, 0.25) is 10.0 Å². The minimum Gasteiger partial charge on any atom is -0.463 e. The summed E-state index contributed by atoms with van der Waals surface area (Å²) in [6.45, 7) is 3.23. The normalized spacial score (nSPS) is 23.9. The average molecular weight is 1110 g/mol. The Labute approximate surface area is 466 Å². The van der Waals surface area contributed by atoms with Gasteiger partial charge in [-0.15, -0.1) is 0 Å². The number of carbonyl (C=O) groups excluding carboxylic acids is 3. The lowest BCUT2D eigenvalue weighted by molar-refractivity contribution is -0.339. The highest BCUT2D eigenvalue weighted by molar-refractivity contribution is 7.89. The lowest BCUT2D eigenvalue weighted by atomic mass is 9.83. The summed E-state index contributed by atoms with van der Waals surface area (Å²) in [6, 6.07) is 58.1. The van der Waals surface area contributed by atoms with Gasteiger partial charge < -0.3 is 47.4 Å². The smallest absolute Gasteiger partial charge is 0.303 e. The summed E-state index contributed by atoms with van der Waals surface area (Å²) in [4.78, 5) is 38.8. The van der Waals surface area contributed by atoms with E-state index >= 15 is 8.42 Å². The molecule has 17 heteroatoms. The third-order valence-electron chi connectivity index (χ3n) is 13.7. The van der Waals surface area contributed by atoms with Gasteiger partial charge in [-0.1, -0.05) is 182 Å². The Morgan fingerprint density at radius 1 is 0.425 bits per heavy atom. The highest BCUT2D eigenvalue weighted by Gasteiger charge is 2.59. The summed E-state index contributed by atoms with van der Waals surface area (Å²) >= 11 is 0. The predicted octanol–water partition coefficient (Wildman–Crippen LogP) is 8.96. The molecule has 7 aromatic rings. The molecule has 16 nitrogen and oxygen atoms in total. The number of hydrogen-bond acceptors (Lipinski definition) is 15. The van der Waals surface area contributed by atoms with Crippen molar-refractivity contribution in [3.8, 4) is 0 Å². The van der Waals surface area contributed by atoms with Gasteiger partial charge in [0.25, 0.3) is 0 Å². The number of fused-ring (bicyclic) bond motifs is 1. The Hall–Kier alpha value is -7.16. The molecule has 1 saturated carbocycles. The van der Waals surface area contributed by atoms with Crippen molar-refractivity contribution in [3.05, 3.63) is 222 Å². The van der Waals surface area contributed by atoms with Crippen LogP contribution in [0.4, 0.5) is 0 Å². The van der Waals surface area contributed by atoms with Crippen LogP contribution in [0.25, 0.3) is 10.8 Å². The van der Waals surface area contributed by atoms with Crippen molar-refractivity contribution in [1.29, 1.82) is 0 Å². The zero-order valence-corrected chi connectivity index (χ0v) is 45.4. The molecule has 0 aromatic heterocycles.